The number of para-hydroxylation sites is 2. The number of ether oxygens (including phenoxy) is 1. The molecule has 6 heteroatoms. The molecule has 0 amide bonds. The minimum atomic E-state index is -4.36. The van der Waals surface area contributed by atoms with E-state index in [4.69, 9.17) is 4.74 Å². The molecule has 2 rings (SSSR count). The van der Waals surface area contributed by atoms with Gasteiger partial charge in [0, 0.05) is 6.20 Å². The molecule has 0 atom stereocenters. The van der Waals surface area contributed by atoms with Crippen molar-refractivity contribution in [3.8, 4) is 5.75 Å². The SMILES string of the molecule is Cc1ccc(CNc2ccccc2OCC(F)(F)F)nc1. The zero-order valence-electron chi connectivity index (χ0n) is 11.4. The number of halogens is 3. The van der Waals surface area contributed by atoms with Crippen LogP contribution >= 0.6 is 0 Å². The van der Waals surface area contributed by atoms with Crippen molar-refractivity contribution < 1.29 is 17.9 Å². The molecular formula is C15H15F3N2O. The molecule has 21 heavy (non-hydrogen) atoms. The summed E-state index contributed by atoms with van der Waals surface area (Å²) in [7, 11) is 0. The van der Waals surface area contributed by atoms with Crippen molar-refractivity contribution in [1.82, 2.24) is 4.98 Å². The van der Waals surface area contributed by atoms with Crippen LogP contribution < -0.4 is 10.1 Å². The standard InChI is InChI=1S/C15H15F3N2O/c1-11-6-7-12(19-8-11)9-20-13-4-2-3-5-14(13)21-10-15(16,17)18/h2-8,20H,9-10H2,1H3. The first kappa shape index (κ1) is 15.2. The normalized spacial score (nSPS) is 11.2. The lowest BCUT2D eigenvalue weighted by Crippen LogP contribution is -2.19. The van der Waals surface area contributed by atoms with Crippen molar-refractivity contribution in [2.75, 3.05) is 11.9 Å². The summed E-state index contributed by atoms with van der Waals surface area (Å²) in [5, 5.41) is 3.03. The topological polar surface area (TPSA) is 34.1 Å². The summed E-state index contributed by atoms with van der Waals surface area (Å²) in [5.74, 6) is 0.168. The molecule has 0 radical (unpaired) electrons. The van der Waals surface area contributed by atoms with Gasteiger partial charge in [0.25, 0.3) is 0 Å². The Morgan fingerprint density at radius 2 is 1.90 bits per heavy atom. The number of benzene rings is 1. The van der Waals surface area contributed by atoms with E-state index in [-0.39, 0.29) is 5.75 Å². The molecule has 0 spiro atoms. The fourth-order valence-electron chi connectivity index (χ4n) is 1.69. The third kappa shape index (κ3) is 4.98. The van der Waals surface area contributed by atoms with Gasteiger partial charge in [-0.1, -0.05) is 18.2 Å². The third-order valence-corrected chi connectivity index (χ3v) is 2.71. The van der Waals surface area contributed by atoms with Crippen molar-refractivity contribution in [3.05, 3.63) is 53.9 Å². The molecule has 1 aromatic carbocycles. The van der Waals surface area contributed by atoms with Crippen molar-refractivity contribution in [3.63, 3.8) is 0 Å². The number of rotatable bonds is 5. The van der Waals surface area contributed by atoms with E-state index >= 15 is 0 Å². The number of pyridine rings is 1. The molecule has 1 N–H and O–H groups in total. The minimum Gasteiger partial charge on any atom is -0.482 e. The number of hydrogen-bond donors (Lipinski definition) is 1. The molecule has 0 aliphatic rings. The van der Waals surface area contributed by atoms with Crippen LogP contribution in [0.4, 0.5) is 18.9 Å². The van der Waals surface area contributed by atoms with Crippen molar-refractivity contribution in [1.29, 1.82) is 0 Å². The Balaban J connectivity index is 2.01. The summed E-state index contributed by atoms with van der Waals surface area (Å²) in [6.45, 7) is 1.03. The lowest BCUT2D eigenvalue weighted by atomic mass is 10.2. The Bertz CT molecular complexity index is 582. The predicted octanol–water partition coefficient (Wildman–Crippen LogP) is 3.94. The van der Waals surface area contributed by atoms with Gasteiger partial charge in [0.05, 0.1) is 17.9 Å². The maximum Gasteiger partial charge on any atom is 0.422 e. The second-order valence-corrected chi connectivity index (χ2v) is 4.58. The van der Waals surface area contributed by atoms with Gasteiger partial charge in [0.2, 0.25) is 0 Å². The number of nitrogens with zero attached hydrogens (tertiary/aromatic N) is 1. The van der Waals surface area contributed by atoms with E-state index in [1.165, 1.54) is 6.07 Å². The molecule has 3 nitrogen and oxygen atoms in total. The fraction of sp³-hybridized carbons (Fsp3) is 0.267. The summed E-state index contributed by atoms with van der Waals surface area (Å²) in [6.07, 6.45) is -2.62. The lowest BCUT2D eigenvalue weighted by molar-refractivity contribution is -0.153. The smallest absolute Gasteiger partial charge is 0.422 e. The monoisotopic (exact) mass is 296 g/mol. The molecule has 0 fully saturated rings. The molecule has 1 aromatic heterocycles. The summed E-state index contributed by atoms with van der Waals surface area (Å²) < 4.78 is 41.4. The molecule has 1 heterocycles. The summed E-state index contributed by atoms with van der Waals surface area (Å²) in [4.78, 5) is 4.22. The van der Waals surface area contributed by atoms with Gasteiger partial charge in [0.1, 0.15) is 5.75 Å². The first-order chi connectivity index (χ1) is 9.94. The number of anilines is 1. The molecule has 2 aromatic rings. The highest BCUT2D eigenvalue weighted by atomic mass is 19.4. The van der Waals surface area contributed by atoms with E-state index in [9.17, 15) is 13.2 Å². The molecule has 0 aliphatic heterocycles. The summed E-state index contributed by atoms with van der Waals surface area (Å²) >= 11 is 0. The molecule has 0 aliphatic carbocycles. The number of alkyl halides is 3. The zero-order chi connectivity index (χ0) is 15.3. The van der Waals surface area contributed by atoms with Gasteiger partial charge in [-0.3, -0.25) is 4.98 Å². The Hall–Kier alpha value is -2.24. The summed E-state index contributed by atoms with van der Waals surface area (Å²) in [5.41, 5.74) is 2.35. The average Bonchev–Trinajstić information content (AvgIpc) is 2.44. The third-order valence-electron chi connectivity index (χ3n) is 2.71. The number of aromatic nitrogens is 1. The highest BCUT2D eigenvalue weighted by Gasteiger charge is 2.28. The van der Waals surface area contributed by atoms with E-state index in [0.29, 0.717) is 12.2 Å². The van der Waals surface area contributed by atoms with E-state index in [1.807, 2.05) is 19.1 Å². The van der Waals surface area contributed by atoms with Crippen LogP contribution in [0.2, 0.25) is 0 Å². The maximum atomic E-state index is 12.2. The molecule has 112 valence electrons. The van der Waals surface area contributed by atoms with Crippen molar-refractivity contribution in [2.45, 2.75) is 19.6 Å². The van der Waals surface area contributed by atoms with Crippen LogP contribution in [0, 0.1) is 6.92 Å². The summed E-state index contributed by atoms with van der Waals surface area (Å²) in [6, 6.07) is 10.3. The van der Waals surface area contributed by atoms with Crippen LogP contribution in [0.1, 0.15) is 11.3 Å². The van der Waals surface area contributed by atoms with Gasteiger partial charge in [-0.05, 0) is 30.7 Å². The number of aryl methyl sites for hydroxylation is 1. The van der Waals surface area contributed by atoms with Crippen LogP contribution in [0.3, 0.4) is 0 Å². The van der Waals surface area contributed by atoms with Gasteiger partial charge in [-0.25, -0.2) is 0 Å². The quantitative estimate of drug-likeness (QED) is 0.907. The number of nitrogens with one attached hydrogen (secondary N) is 1. The zero-order valence-corrected chi connectivity index (χ0v) is 11.4. The van der Waals surface area contributed by atoms with Crippen LogP contribution in [0.15, 0.2) is 42.6 Å². The molecular weight excluding hydrogens is 281 g/mol. The maximum absolute atomic E-state index is 12.2. The highest BCUT2D eigenvalue weighted by molar-refractivity contribution is 5.56. The van der Waals surface area contributed by atoms with Crippen LogP contribution in [-0.4, -0.2) is 17.8 Å². The second-order valence-electron chi connectivity index (χ2n) is 4.58. The average molecular weight is 296 g/mol. The van der Waals surface area contributed by atoms with Gasteiger partial charge < -0.3 is 10.1 Å². The Morgan fingerprint density at radius 1 is 1.14 bits per heavy atom. The van der Waals surface area contributed by atoms with Gasteiger partial charge in [0.15, 0.2) is 6.61 Å². The Labute approximate surface area is 120 Å². The van der Waals surface area contributed by atoms with Crippen molar-refractivity contribution in [2.24, 2.45) is 0 Å². The van der Waals surface area contributed by atoms with Crippen LogP contribution in [0.5, 0.6) is 5.75 Å². The Morgan fingerprint density at radius 3 is 2.57 bits per heavy atom. The highest BCUT2D eigenvalue weighted by Crippen LogP contribution is 2.26. The molecule has 0 unspecified atom stereocenters. The van der Waals surface area contributed by atoms with E-state index in [1.54, 1.807) is 24.4 Å². The minimum absolute atomic E-state index is 0.168. The van der Waals surface area contributed by atoms with E-state index < -0.39 is 12.8 Å². The van der Waals surface area contributed by atoms with Crippen molar-refractivity contribution >= 4 is 5.69 Å². The van der Waals surface area contributed by atoms with Gasteiger partial charge in [-0.2, -0.15) is 13.2 Å². The molecule has 0 saturated heterocycles. The second kappa shape index (κ2) is 6.47. The Kier molecular flexibility index (Phi) is 4.67. The first-order valence-corrected chi connectivity index (χ1v) is 6.38. The van der Waals surface area contributed by atoms with E-state index in [2.05, 4.69) is 10.3 Å². The van der Waals surface area contributed by atoms with Crippen LogP contribution in [0.25, 0.3) is 0 Å². The predicted molar refractivity (Wildman–Crippen MR) is 74.3 cm³/mol. The number of hydrogen-bond acceptors (Lipinski definition) is 3. The van der Waals surface area contributed by atoms with Crippen LogP contribution in [-0.2, 0) is 6.54 Å². The fourth-order valence-corrected chi connectivity index (χ4v) is 1.69. The largest absolute Gasteiger partial charge is 0.482 e. The lowest BCUT2D eigenvalue weighted by Gasteiger charge is -2.14. The first-order valence-electron chi connectivity index (χ1n) is 6.38. The van der Waals surface area contributed by atoms with E-state index in [0.717, 1.165) is 11.3 Å². The van der Waals surface area contributed by atoms with Gasteiger partial charge in [-0.15, -0.1) is 0 Å². The molecule has 0 bridgehead atoms. The van der Waals surface area contributed by atoms with Gasteiger partial charge >= 0.3 is 6.18 Å². The molecule has 0 saturated carbocycles.